The predicted molar refractivity (Wildman–Crippen MR) is 161 cm³/mol. The van der Waals surface area contributed by atoms with Gasteiger partial charge in [-0.05, 0) is 71.9 Å². The van der Waals surface area contributed by atoms with Crippen LogP contribution in [0.15, 0.2) is 72.9 Å². The van der Waals surface area contributed by atoms with Crippen LogP contribution in [-0.4, -0.2) is 40.0 Å². The first-order chi connectivity index (χ1) is 18.9. The van der Waals surface area contributed by atoms with Gasteiger partial charge in [0.2, 0.25) is 0 Å². The van der Waals surface area contributed by atoms with E-state index in [1.165, 1.54) is 0 Å². The predicted octanol–water partition coefficient (Wildman–Crippen LogP) is 4.21. The zero-order valence-corrected chi connectivity index (χ0v) is 25.0. The number of aryl methyl sites for hydroxylation is 1. The fraction of sp³-hybridized carbons (Fsp3) is 0.233. The second-order valence-electron chi connectivity index (χ2n) is 8.97. The molecule has 0 aliphatic rings. The van der Waals surface area contributed by atoms with Crippen molar-refractivity contribution in [2.45, 2.75) is 32.6 Å². The summed E-state index contributed by atoms with van der Waals surface area (Å²) < 4.78 is 6.00. The van der Waals surface area contributed by atoms with E-state index in [0.29, 0.717) is 36.0 Å². The molecule has 1 heterocycles. The molecule has 0 bridgehead atoms. The molecule has 0 aliphatic carbocycles. The minimum atomic E-state index is -1.04. The van der Waals surface area contributed by atoms with Gasteiger partial charge in [0, 0.05) is 22.3 Å². The number of aromatic nitrogens is 1. The smallest absolute Gasteiger partial charge is 1.00 e. The van der Waals surface area contributed by atoms with Gasteiger partial charge < -0.3 is 16.6 Å². The Labute approximate surface area is 261 Å². The molecular formula is C30H30ClLiN2O4S2. The number of carbonyl (C=O) groups is 2. The summed E-state index contributed by atoms with van der Waals surface area (Å²) in [4.78, 5) is 30.5. The molecule has 1 aromatic heterocycles. The summed E-state index contributed by atoms with van der Waals surface area (Å²) >= 11 is 9.10. The number of halogens is 1. The number of amides is 1. The standard InChI is InChI=1S/C30H29ClN2O4S2.Li.H/c1-19-5-3-4-6-24(19)26-15-20(7-12-25(26)28(34)33-27(30(35)36)13-14-38-2)17-37-18-23-16-32-29(39-23)21-8-10-22(31)11-9-21;;/h3-12,15-16,27H,13-14,17-18H2,1-2H3,(H,33,34)(H,35,36);;/q;+1;-1. The Hall–Kier alpha value is -2.57. The number of hydrogen-bond acceptors (Lipinski definition) is 6. The molecule has 6 nitrogen and oxygen atoms in total. The number of rotatable bonds is 12. The number of carboxylic acid groups (broad SMARTS) is 1. The molecule has 4 aromatic rings. The van der Waals surface area contributed by atoms with Gasteiger partial charge in [0.05, 0.1) is 18.1 Å². The van der Waals surface area contributed by atoms with Crippen molar-refractivity contribution in [3.63, 3.8) is 0 Å². The largest absolute Gasteiger partial charge is 1.00 e. The molecule has 40 heavy (non-hydrogen) atoms. The van der Waals surface area contributed by atoms with Gasteiger partial charge in [0.1, 0.15) is 11.0 Å². The molecule has 2 N–H and O–H groups in total. The van der Waals surface area contributed by atoms with Crippen LogP contribution in [0.3, 0.4) is 0 Å². The fourth-order valence-corrected chi connectivity index (χ4v) is 5.53. The first kappa shape index (κ1) is 31.9. The van der Waals surface area contributed by atoms with Gasteiger partial charge in [-0.15, -0.1) is 11.3 Å². The van der Waals surface area contributed by atoms with Gasteiger partial charge in [-0.1, -0.05) is 54.1 Å². The minimum absolute atomic E-state index is 0. The first-order valence-electron chi connectivity index (χ1n) is 12.4. The summed E-state index contributed by atoms with van der Waals surface area (Å²) in [6, 6.07) is 20.0. The Morgan fingerprint density at radius 3 is 2.55 bits per heavy atom. The Balaban J connectivity index is 0.00000294. The number of nitrogens with zero attached hydrogens (tertiary/aromatic N) is 1. The minimum Gasteiger partial charge on any atom is -1.00 e. The molecule has 10 heteroatoms. The number of thiazole rings is 1. The molecule has 3 aromatic carbocycles. The van der Waals surface area contributed by atoms with Crippen molar-refractivity contribution >= 4 is 46.6 Å². The molecule has 0 spiro atoms. The van der Waals surface area contributed by atoms with E-state index in [-0.39, 0.29) is 20.3 Å². The molecule has 0 saturated heterocycles. The molecule has 4 rings (SSSR count). The summed E-state index contributed by atoms with van der Waals surface area (Å²) in [6.07, 6.45) is 4.08. The maximum absolute atomic E-state index is 13.3. The number of thioether (sulfide) groups is 1. The van der Waals surface area contributed by atoms with Crippen molar-refractivity contribution < 1.29 is 39.7 Å². The van der Waals surface area contributed by atoms with Gasteiger partial charge >= 0.3 is 24.8 Å². The van der Waals surface area contributed by atoms with E-state index < -0.39 is 17.9 Å². The van der Waals surface area contributed by atoms with Crippen molar-refractivity contribution in [3.8, 4) is 21.7 Å². The Morgan fingerprint density at radius 1 is 1.10 bits per heavy atom. The Bertz CT molecular complexity index is 1450. The zero-order chi connectivity index (χ0) is 27.8. The van der Waals surface area contributed by atoms with E-state index >= 15 is 0 Å². The molecule has 0 radical (unpaired) electrons. The molecule has 1 atom stereocenters. The van der Waals surface area contributed by atoms with Crippen LogP contribution in [0.1, 0.15) is 34.2 Å². The average molecular weight is 589 g/mol. The third kappa shape index (κ3) is 8.47. The molecular weight excluding hydrogens is 559 g/mol. The van der Waals surface area contributed by atoms with E-state index in [0.717, 1.165) is 37.7 Å². The number of hydrogen-bond donors (Lipinski definition) is 2. The summed E-state index contributed by atoms with van der Waals surface area (Å²) in [5, 5.41) is 13.9. The molecule has 1 unspecified atom stereocenters. The van der Waals surface area contributed by atoms with Gasteiger partial charge in [0.25, 0.3) is 5.91 Å². The second kappa shape index (κ2) is 15.4. The van der Waals surface area contributed by atoms with Gasteiger partial charge in [0.15, 0.2) is 0 Å². The number of carbonyl (C=O) groups excluding carboxylic acids is 1. The maximum Gasteiger partial charge on any atom is 1.00 e. The third-order valence-corrected chi connectivity index (χ3v) is 8.05. The quantitative estimate of drug-likeness (QED) is 0.241. The van der Waals surface area contributed by atoms with Crippen LogP contribution in [0.2, 0.25) is 5.02 Å². The van der Waals surface area contributed by atoms with Crippen molar-refractivity contribution in [2.75, 3.05) is 12.0 Å². The topological polar surface area (TPSA) is 88.5 Å². The van der Waals surface area contributed by atoms with Crippen LogP contribution in [0.4, 0.5) is 0 Å². The zero-order valence-electron chi connectivity index (χ0n) is 23.6. The fourth-order valence-electron chi connectivity index (χ4n) is 4.08. The molecule has 1 amide bonds. The molecule has 0 saturated carbocycles. The average Bonchev–Trinajstić information content (AvgIpc) is 3.40. The summed E-state index contributed by atoms with van der Waals surface area (Å²) in [7, 11) is 0. The molecule has 0 aliphatic heterocycles. The van der Waals surface area contributed by atoms with Crippen molar-refractivity contribution in [1.29, 1.82) is 0 Å². The van der Waals surface area contributed by atoms with E-state index in [1.807, 2.05) is 80.0 Å². The first-order valence-corrected chi connectivity index (χ1v) is 14.9. The molecule has 204 valence electrons. The maximum atomic E-state index is 13.3. The number of ether oxygens (including phenoxy) is 1. The number of aliphatic carboxylic acids is 1. The van der Waals surface area contributed by atoms with Crippen LogP contribution in [0.5, 0.6) is 0 Å². The van der Waals surface area contributed by atoms with Crippen LogP contribution in [0.25, 0.3) is 21.7 Å². The van der Waals surface area contributed by atoms with Gasteiger partial charge in [-0.2, -0.15) is 11.8 Å². The molecule has 0 fully saturated rings. The number of benzene rings is 3. The normalized spacial score (nSPS) is 11.5. The summed E-state index contributed by atoms with van der Waals surface area (Å²) in [5.74, 6) is -0.810. The van der Waals surface area contributed by atoms with Crippen LogP contribution >= 0.6 is 34.7 Å². The van der Waals surface area contributed by atoms with Crippen molar-refractivity contribution in [3.05, 3.63) is 99.5 Å². The number of carboxylic acids is 1. The monoisotopic (exact) mass is 588 g/mol. The SMILES string of the molecule is CSCCC(NC(=O)c1ccc(COCc2cnc(-c3ccc(Cl)cc3)s2)cc1-c1ccccc1C)C(=O)O.[H-].[Li+]. The van der Waals surface area contributed by atoms with Gasteiger partial charge in [-0.25, -0.2) is 9.78 Å². The Kier molecular flexibility index (Phi) is 12.3. The second-order valence-corrected chi connectivity index (χ2v) is 11.5. The van der Waals surface area contributed by atoms with E-state index in [1.54, 1.807) is 29.2 Å². The van der Waals surface area contributed by atoms with E-state index in [4.69, 9.17) is 16.3 Å². The summed E-state index contributed by atoms with van der Waals surface area (Å²) in [6.45, 7) is 2.74. The van der Waals surface area contributed by atoms with E-state index in [9.17, 15) is 14.7 Å². The van der Waals surface area contributed by atoms with E-state index in [2.05, 4.69) is 10.3 Å². The van der Waals surface area contributed by atoms with Gasteiger partial charge in [-0.3, -0.25) is 4.79 Å². The summed E-state index contributed by atoms with van der Waals surface area (Å²) in [5.41, 5.74) is 5.01. The third-order valence-electron chi connectivity index (χ3n) is 6.14. The van der Waals surface area contributed by atoms with Crippen molar-refractivity contribution in [1.82, 2.24) is 10.3 Å². The van der Waals surface area contributed by atoms with Crippen LogP contribution in [0, 0.1) is 6.92 Å². The Morgan fingerprint density at radius 2 is 1.85 bits per heavy atom. The van der Waals surface area contributed by atoms with Crippen LogP contribution in [-0.2, 0) is 22.7 Å². The van der Waals surface area contributed by atoms with Crippen LogP contribution < -0.4 is 24.2 Å². The number of nitrogens with one attached hydrogen (secondary N) is 1. The van der Waals surface area contributed by atoms with Crippen molar-refractivity contribution in [2.24, 2.45) is 0 Å².